The van der Waals surface area contributed by atoms with E-state index in [4.69, 9.17) is 0 Å². The van der Waals surface area contributed by atoms with Gasteiger partial charge in [0.1, 0.15) is 0 Å². The van der Waals surface area contributed by atoms with Crippen molar-refractivity contribution in [3.8, 4) is 0 Å². The zero-order valence-electron chi connectivity index (χ0n) is 10.5. The molecule has 92 valence electrons. The zero-order valence-corrected chi connectivity index (χ0v) is 10.5. The molecule has 0 N–H and O–H groups in total. The highest BCUT2D eigenvalue weighted by atomic mass is 16.2. The fraction of sp³-hybridized carbons (Fsp3) is 0.923. The molecule has 2 heterocycles. The summed E-state index contributed by atoms with van der Waals surface area (Å²) in [5.41, 5.74) is 0. The lowest BCUT2D eigenvalue weighted by Gasteiger charge is -2.27. The lowest BCUT2D eigenvalue weighted by atomic mass is 10.1. The number of rotatable bonds is 5. The largest absolute Gasteiger partial charge is 0.338 e. The Bertz CT molecular complexity index is 236. The summed E-state index contributed by atoms with van der Waals surface area (Å²) < 4.78 is 0. The summed E-state index contributed by atoms with van der Waals surface area (Å²) >= 11 is 0. The Kier molecular flexibility index (Phi) is 4.22. The smallest absolute Gasteiger partial charge is 0.222 e. The van der Waals surface area contributed by atoms with E-state index in [-0.39, 0.29) is 0 Å². The van der Waals surface area contributed by atoms with E-state index in [0.717, 1.165) is 25.9 Å². The van der Waals surface area contributed by atoms with Crippen molar-refractivity contribution in [2.45, 2.75) is 51.5 Å². The van der Waals surface area contributed by atoms with Crippen molar-refractivity contribution in [1.29, 1.82) is 0 Å². The van der Waals surface area contributed by atoms with Crippen molar-refractivity contribution in [3.05, 3.63) is 0 Å². The van der Waals surface area contributed by atoms with Gasteiger partial charge in [0.2, 0.25) is 5.91 Å². The number of amides is 1. The van der Waals surface area contributed by atoms with Crippen molar-refractivity contribution >= 4 is 5.91 Å². The van der Waals surface area contributed by atoms with Crippen LogP contribution in [0.1, 0.15) is 45.4 Å². The van der Waals surface area contributed by atoms with Crippen LogP contribution in [0.5, 0.6) is 0 Å². The standard InChI is InChI=1S/C13H24N2O/c1-2-5-12-6-7-13(16)15(12)11-10-14-8-3-4-9-14/h12H,2-11H2,1H3. The Labute approximate surface area is 98.8 Å². The molecule has 2 fully saturated rings. The Hall–Kier alpha value is -0.570. The quantitative estimate of drug-likeness (QED) is 0.712. The molecule has 3 nitrogen and oxygen atoms in total. The highest BCUT2D eigenvalue weighted by Gasteiger charge is 2.30. The Morgan fingerprint density at radius 1 is 1.25 bits per heavy atom. The van der Waals surface area contributed by atoms with Crippen LogP contribution in [0.4, 0.5) is 0 Å². The third-order valence-electron chi connectivity index (χ3n) is 3.93. The van der Waals surface area contributed by atoms with Crippen LogP contribution in [0.25, 0.3) is 0 Å². The first-order valence-electron chi connectivity index (χ1n) is 6.83. The number of likely N-dealkylation sites (tertiary alicyclic amines) is 2. The molecule has 0 aliphatic carbocycles. The maximum atomic E-state index is 11.8. The maximum absolute atomic E-state index is 11.8. The second-order valence-corrected chi connectivity index (χ2v) is 5.12. The van der Waals surface area contributed by atoms with E-state index >= 15 is 0 Å². The van der Waals surface area contributed by atoms with E-state index in [1.165, 1.54) is 38.8 Å². The first-order chi connectivity index (χ1) is 7.81. The summed E-state index contributed by atoms with van der Waals surface area (Å²) in [7, 11) is 0. The first kappa shape index (κ1) is 11.9. The molecule has 0 aromatic rings. The van der Waals surface area contributed by atoms with Gasteiger partial charge in [-0.2, -0.15) is 0 Å². The summed E-state index contributed by atoms with van der Waals surface area (Å²) in [6, 6.07) is 0.542. The summed E-state index contributed by atoms with van der Waals surface area (Å²) in [4.78, 5) is 16.4. The van der Waals surface area contributed by atoms with Gasteiger partial charge in [0.05, 0.1) is 0 Å². The molecule has 0 aromatic heterocycles. The molecule has 16 heavy (non-hydrogen) atoms. The van der Waals surface area contributed by atoms with E-state index in [9.17, 15) is 4.79 Å². The van der Waals surface area contributed by atoms with Gasteiger partial charge in [-0.3, -0.25) is 4.79 Å². The van der Waals surface area contributed by atoms with Crippen molar-refractivity contribution in [2.24, 2.45) is 0 Å². The van der Waals surface area contributed by atoms with Gasteiger partial charge < -0.3 is 9.80 Å². The maximum Gasteiger partial charge on any atom is 0.222 e. The van der Waals surface area contributed by atoms with E-state index in [2.05, 4.69) is 16.7 Å². The Balaban J connectivity index is 1.78. The lowest BCUT2D eigenvalue weighted by Crippen LogP contribution is -2.39. The highest BCUT2D eigenvalue weighted by Crippen LogP contribution is 2.22. The second kappa shape index (κ2) is 5.67. The van der Waals surface area contributed by atoms with Gasteiger partial charge in [-0.05, 0) is 38.8 Å². The van der Waals surface area contributed by atoms with Crippen LogP contribution in [0.3, 0.4) is 0 Å². The Morgan fingerprint density at radius 2 is 2.00 bits per heavy atom. The van der Waals surface area contributed by atoms with Crippen LogP contribution in [0, 0.1) is 0 Å². The molecule has 2 aliphatic rings. The predicted molar refractivity (Wildman–Crippen MR) is 65.3 cm³/mol. The van der Waals surface area contributed by atoms with Gasteiger partial charge >= 0.3 is 0 Å². The molecule has 3 heteroatoms. The van der Waals surface area contributed by atoms with Gasteiger partial charge in [-0.15, -0.1) is 0 Å². The molecule has 1 atom stereocenters. The van der Waals surface area contributed by atoms with Crippen LogP contribution in [-0.2, 0) is 4.79 Å². The number of hydrogen-bond donors (Lipinski definition) is 0. The normalized spacial score (nSPS) is 26.9. The Morgan fingerprint density at radius 3 is 2.69 bits per heavy atom. The van der Waals surface area contributed by atoms with Gasteiger partial charge in [-0.25, -0.2) is 0 Å². The SMILES string of the molecule is CCCC1CCC(=O)N1CCN1CCCC1. The molecule has 2 aliphatic heterocycles. The molecule has 0 spiro atoms. The van der Waals surface area contributed by atoms with Crippen LogP contribution < -0.4 is 0 Å². The van der Waals surface area contributed by atoms with E-state index in [1.54, 1.807) is 0 Å². The minimum atomic E-state index is 0.387. The fourth-order valence-electron chi connectivity index (χ4n) is 2.99. The fourth-order valence-corrected chi connectivity index (χ4v) is 2.99. The molecule has 2 saturated heterocycles. The number of carbonyl (C=O) groups excluding carboxylic acids is 1. The van der Waals surface area contributed by atoms with Crippen molar-refractivity contribution < 1.29 is 4.79 Å². The molecule has 0 aromatic carbocycles. The minimum Gasteiger partial charge on any atom is -0.338 e. The van der Waals surface area contributed by atoms with E-state index < -0.39 is 0 Å². The molecule has 0 saturated carbocycles. The molecular weight excluding hydrogens is 200 g/mol. The molecule has 0 radical (unpaired) electrons. The average Bonchev–Trinajstić information content (AvgIpc) is 2.88. The number of hydrogen-bond acceptors (Lipinski definition) is 2. The minimum absolute atomic E-state index is 0.387. The first-order valence-corrected chi connectivity index (χ1v) is 6.83. The summed E-state index contributed by atoms with van der Waals surface area (Å²) in [6.07, 6.45) is 6.93. The predicted octanol–water partition coefficient (Wildman–Crippen LogP) is 1.87. The summed E-state index contributed by atoms with van der Waals surface area (Å²) in [6.45, 7) is 6.73. The molecule has 2 rings (SSSR count). The third kappa shape index (κ3) is 2.76. The summed E-state index contributed by atoms with van der Waals surface area (Å²) in [5.74, 6) is 0.387. The summed E-state index contributed by atoms with van der Waals surface area (Å²) in [5, 5.41) is 0. The van der Waals surface area contributed by atoms with Crippen molar-refractivity contribution in [3.63, 3.8) is 0 Å². The molecule has 0 bridgehead atoms. The van der Waals surface area contributed by atoms with Crippen LogP contribution in [0.2, 0.25) is 0 Å². The molecule has 1 amide bonds. The topological polar surface area (TPSA) is 23.6 Å². The van der Waals surface area contributed by atoms with Gasteiger partial charge in [0, 0.05) is 25.6 Å². The molecular formula is C13H24N2O. The van der Waals surface area contributed by atoms with Crippen molar-refractivity contribution in [2.75, 3.05) is 26.2 Å². The number of nitrogens with zero attached hydrogens (tertiary/aromatic N) is 2. The van der Waals surface area contributed by atoms with Crippen LogP contribution in [-0.4, -0.2) is 47.9 Å². The highest BCUT2D eigenvalue weighted by molar-refractivity contribution is 5.78. The van der Waals surface area contributed by atoms with Gasteiger partial charge in [-0.1, -0.05) is 13.3 Å². The van der Waals surface area contributed by atoms with Gasteiger partial charge in [0.25, 0.3) is 0 Å². The second-order valence-electron chi connectivity index (χ2n) is 5.12. The van der Waals surface area contributed by atoms with E-state index in [1.807, 2.05) is 0 Å². The molecule has 1 unspecified atom stereocenters. The lowest BCUT2D eigenvalue weighted by molar-refractivity contribution is -0.129. The van der Waals surface area contributed by atoms with Crippen LogP contribution in [0.15, 0.2) is 0 Å². The zero-order chi connectivity index (χ0) is 11.4. The van der Waals surface area contributed by atoms with Gasteiger partial charge in [0.15, 0.2) is 0 Å². The monoisotopic (exact) mass is 224 g/mol. The number of carbonyl (C=O) groups is 1. The van der Waals surface area contributed by atoms with Crippen molar-refractivity contribution in [1.82, 2.24) is 9.80 Å². The third-order valence-corrected chi connectivity index (χ3v) is 3.93. The van der Waals surface area contributed by atoms with Crippen LogP contribution >= 0.6 is 0 Å². The average molecular weight is 224 g/mol. The van der Waals surface area contributed by atoms with E-state index in [0.29, 0.717) is 11.9 Å².